The van der Waals surface area contributed by atoms with E-state index in [1.165, 1.54) is 0 Å². The minimum atomic E-state index is 0.289. The van der Waals surface area contributed by atoms with Crippen molar-refractivity contribution < 1.29 is 0 Å². The van der Waals surface area contributed by atoms with Crippen LogP contribution >= 0.6 is 15.9 Å². The molecule has 5 heteroatoms. The van der Waals surface area contributed by atoms with Gasteiger partial charge in [-0.2, -0.15) is 4.98 Å². The van der Waals surface area contributed by atoms with E-state index < -0.39 is 0 Å². The number of nitrogens with two attached hydrogens (primary N) is 1. The minimum Gasteiger partial charge on any atom is -0.366 e. The molecule has 0 aliphatic carbocycles. The van der Waals surface area contributed by atoms with Gasteiger partial charge in [0.15, 0.2) is 5.65 Å². The summed E-state index contributed by atoms with van der Waals surface area (Å²) in [6.07, 6.45) is 1.80. The van der Waals surface area contributed by atoms with Gasteiger partial charge in [-0.25, -0.2) is 4.52 Å². The standard InChI is InChI=1S/C6H5BrN4/c7-4-2-1-3-11-5(4)9-6(8)10-11/h1-3H,(H2,8,10). The van der Waals surface area contributed by atoms with Crippen molar-refractivity contribution in [3.8, 4) is 0 Å². The molecule has 0 amide bonds. The predicted molar refractivity (Wildman–Crippen MR) is 45.1 cm³/mol. The number of anilines is 1. The number of nitrogen functional groups attached to an aromatic ring is 1. The fourth-order valence-electron chi connectivity index (χ4n) is 0.890. The van der Waals surface area contributed by atoms with Crippen LogP contribution < -0.4 is 5.73 Å². The summed E-state index contributed by atoms with van der Waals surface area (Å²) in [5.74, 6) is 0.289. The molecule has 0 aliphatic rings. The molecule has 2 aromatic heterocycles. The molecule has 0 saturated heterocycles. The number of fused-ring (bicyclic) bond motifs is 1. The van der Waals surface area contributed by atoms with Crippen LogP contribution in [0.5, 0.6) is 0 Å². The van der Waals surface area contributed by atoms with Crippen molar-refractivity contribution in [3.05, 3.63) is 22.8 Å². The first-order valence-electron chi connectivity index (χ1n) is 3.04. The molecular weight excluding hydrogens is 208 g/mol. The summed E-state index contributed by atoms with van der Waals surface area (Å²) < 4.78 is 2.52. The Hall–Kier alpha value is -1.10. The zero-order chi connectivity index (χ0) is 7.84. The number of halogens is 1. The summed E-state index contributed by atoms with van der Waals surface area (Å²) in [6, 6.07) is 3.76. The van der Waals surface area contributed by atoms with E-state index in [-0.39, 0.29) is 5.95 Å². The molecule has 0 bridgehead atoms. The van der Waals surface area contributed by atoms with Gasteiger partial charge < -0.3 is 5.73 Å². The first kappa shape index (κ1) is 6.60. The van der Waals surface area contributed by atoms with Crippen molar-refractivity contribution in [1.29, 1.82) is 0 Å². The van der Waals surface area contributed by atoms with Gasteiger partial charge in [0.1, 0.15) is 0 Å². The van der Waals surface area contributed by atoms with Crippen molar-refractivity contribution in [2.24, 2.45) is 0 Å². The monoisotopic (exact) mass is 212 g/mol. The van der Waals surface area contributed by atoms with Crippen LogP contribution in [0, 0.1) is 0 Å². The van der Waals surface area contributed by atoms with Gasteiger partial charge in [-0.15, -0.1) is 5.10 Å². The quantitative estimate of drug-likeness (QED) is 0.712. The number of aromatic nitrogens is 3. The first-order chi connectivity index (χ1) is 5.27. The van der Waals surface area contributed by atoms with E-state index in [1.54, 1.807) is 10.7 Å². The van der Waals surface area contributed by atoms with E-state index in [0.717, 1.165) is 10.1 Å². The first-order valence-corrected chi connectivity index (χ1v) is 3.83. The largest absolute Gasteiger partial charge is 0.366 e. The minimum absolute atomic E-state index is 0.289. The fourth-order valence-corrected chi connectivity index (χ4v) is 1.31. The van der Waals surface area contributed by atoms with E-state index in [1.807, 2.05) is 12.1 Å². The number of hydrogen-bond donors (Lipinski definition) is 1. The molecule has 0 unspecified atom stereocenters. The Morgan fingerprint density at radius 3 is 3.09 bits per heavy atom. The highest BCUT2D eigenvalue weighted by Crippen LogP contribution is 2.15. The van der Waals surface area contributed by atoms with Gasteiger partial charge in [0.2, 0.25) is 5.95 Å². The van der Waals surface area contributed by atoms with Gasteiger partial charge in [-0.05, 0) is 28.1 Å². The molecule has 0 aliphatic heterocycles. The molecule has 11 heavy (non-hydrogen) atoms. The maximum atomic E-state index is 5.40. The SMILES string of the molecule is Nc1nc2c(Br)cccn2n1. The molecule has 0 aromatic carbocycles. The number of hydrogen-bond acceptors (Lipinski definition) is 3. The Morgan fingerprint density at radius 1 is 1.55 bits per heavy atom. The third-order valence-corrected chi connectivity index (χ3v) is 1.95. The molecule has 2 N–H and O–H groups in total. The van der Waals surface area contributed by atoms with E-state index >= 15 is 0 Å². The number of nitrogens with zero attached hydrogens (tertiary/aromatic N) is 3. The summed E-state index contributed by atoms with van der Waals surface area (Å²) in [5, 5.41) is 3.93. The van der Waals surface area contributed by atoms with Gasteiger partial charge >= 0.3 is 0 Å². The Bertz CT molecular complexity index is 394. The fraction of sp³-hybridized carbons (Fsp3) is 0. The lowest BCUT2D eigenvalue weighted by atomic mass is 10.5. The lowest BCUT2D eigenvalue weighted by Gasteiger charge is -1.90. The molecule has 0 saturated carbocycles. The van der Waals surface area contributed by atoms with E-state index in [0.29, 0.717) is 0 Å². The summed E-state index contributed by atoms with van der Waals surface area (Å²) in [6.45, 7) is 0. The number of pyridine rings is 1. The molecular formula is C6H5BrN4. The molecule has 4 nitrogen and oxygen atoms in total. The molecule has 56 valence electrons. The normalized spacial score (nSPS) is 10.6. The second kappa shape index (κ2) is 2.20. The topological polar surface area (TPSA) is 56.2 Å². The van der Waals surface area contributed by atoms with Crippen molar-refractivity contribution in [2.75, 3.05) is 5.73 Å². The van der Waals surface area contributed by atoms with Gasteiger partial charge in [0.05, 0.1) is 4.47 Å². The van der Waals surface area contributed by atoms with E-state index in [2.05, 4.69) is 26.0 Å². The van der Waals surface area contributed by atoms with E-state index in [4.69, 9.17) is 5.73 Å². The van der Waals surface area contributed by atoms with Crippen molar-refractivity contribution >= 4 is 27.5 Å². The Labute approximate surface area is 71.2 Å². The second-order valence-corrected chi connectivity index (χ2v) is 2.95. The lowest BCUT2D eigenvalue weighted by Crippen LogP contribution is -1.88. The smallest absolute Gasteiger partial charge is 0.240 e. The summed E-state index contributed by atoms with van der Waals surface area (Å²) in [7, 11) is 0. The highest BCUT2D eigenvalue weighted by Gasteiger charge is 2.01. The molecule has 2 heterocycles. The average Bonchev–Trinajstić information content (AvgIpc) is 2.31. The third-order valence-electron chi connectivity index (χ3n) is 1.33. The highest BCUT2D eigenvalue weighted by atomic mass is 79.9. The van der Waals surface area contributed by atoms with Crippen LogP contribution in [0.25, 0.3) is 5.65 Å². The third kappa shape index (κ3) is 0.970. The van der Waals surface area contributed by atoms with Crippen LogP contribution in [0.4, 0.5) is 5.95 Å². The Kier molecular flexibility index (Phi) is 1.32. The average molecular weight is 213 g/mol. The van der Waals surface area contributed by atoms with Crippen LogP contribution in [0.1, 0.15) is 0 Å². The molecule has 0 radical (unpaired) electrons. The maximum absolute atomic E-state index is 5.40. The van der Waals surface area contributed by atoms with Crippen molar-refractivity contribution in [3.63, 3.8) is 0 Å². The van der Waals surface area contributed by atoms with Crippen molar-refractivity contribution in [1.82, 2.24) is 14.6 Å². The van der Waals surface area contributed by atoms with Crippen LogP contribution in [0.2, 0.25) is 0 Å². The Morgan fingerprint density at radius 2 is 2.36 bits per heavy atom. The van der Waals surface area contributed by atoms with E-state index in [9.17, 15) is 0 Å². The van der Waals surface area contributed by atoms with Crippen LogP contribution in [-0.4, -0.2) is 14.6 Å². The summed E-state index contributed by atoms with van der Waals surface area (Å²) >= 11 is 3.33. The van der Waals surface area contributed by atoms with Gasteiger partial charge in [-0.1, -0.05) is 0 Å². The van der Waals surface area contributed by atoms with Crippen molar-refractivity contribution in [2.45, 2.75) is 0 Å². The molecule has 0 atom stereocenters. The van der Waals surface area contributed by atoms with Gasteiger partial charge in [0, 0.05) is 6.20 Å². The zero-order valence-electron chi connectivity index (χ0n) is 5.53. The Balaban J connectivity index is 2.90. The van der Waals surface area contributed by atoms with Gasteiger partial charge in [-0.3, -0.25) is 0 Å². The maximum Gasteiger partial charge on any atom is 0.240 e. The van der Waals surface area contributed by atoms with Crippen LogP contribution in [-0.2, 0) is 0 Å². The molecule has 0 fully saturated rings. The summed E-state index contributed by atoms with van der Waals surface area (Å²) in [5.41, 5.74) is 6.14. The van der Waals surface area contributed by atoms with Crippen LogP contribution in [0.15, 0.2) is 22.8 Å². The predicted octanol–water partition coefficient (Wildman–Crippen LogP) is 1.07. The highest BCUT2D eigenvalue weighted by molar-refractivity contribution is 9.10. The molecule has 0 spiro atoms. The second-order valence-electron chi connectivity index (χ2n) is 2.09. The number of rotatable bonds is 0. The lowest BCUT2D eigenvalue weighted by molar-refractivity contribution is 0.965. The molecule has 2 rings (SSSR count). The van der Waals surface area contributed by atoms with Gasteiger partial charge in [0.25, 0.3) is 0 Å². The zero-order valence-corrected chi connectivity index (χ0v) is 7.12. The molecule has 2 aromatic rings. The van der Waals surface area contributed by atoms with Crippen LogP contribution in [0.3, 0.4) is 0 Å². The summed E-state index contributed by atoms with van der Waals surface area (Å²) in [4.78, 5) is 4.00.